The maximum atomic E-state index is 11.8. The Morgan fingerprint density at radius 1 is 1.35 bits per heavy atom. The van der Waals surface area contributed by atoms with Gasteiger partial charge in [-0.25, -0.2) is 0 Å². The molecule has 1 aliphatic rings. The summed E-state index contributed by atoms with van der Waals surface area (Å²) in [6.07, 6.45) is 1.04. The lowest BCUT2D eigenvalue weighted by Crippen LogP contribution is -2.42. The van der Waals surface area contributed by atoms with E-state index in [1.54, 1.807) is 0 Å². The van der Waals surface area contributed by atoms with Gasteiger partial charge >= 0.3 is 0 Å². The van der Waals surface area contributed by atoms with Crippen LogP contribution >= 0.6 is 24.8 Å². The summed E-state index contributed by atoms with van der Waals surface area (Å²) in [4.78, 5) is 14.0. The molecule has 0 aromatic heterocycles. The van der Waals surface area contributed by atoms with Crippen molar-refractivity contribution in [3.63, 3.8) is 0 Å². The Labute approximate surface area is 133 Å². The molecule has 20 heavy (non-hydrogen) atoms. The van der Waals surface area contributed by atoms with Crippen LogP contribution in [0, 0.1) is 0 Å². The van der Waals surface area contributed by atoms with Crippen molar-refractivity contribution in [2.75, 3.05) is 31.6 Å². The molecule has 0 saturated carbocycles. The van der Waals surface area contributed by atoms with Crippen molar-refractivity contribution in [1.82, 2.24) is 10.6 Å². The topological polar surface area (TPSA) is 44.4 Å². The number of fused-ring (bicyclic) bond motifs is 1. The number of halogens is 2. The SMILES string of the molecule is CNC(C)CNC(=O)CN1CCc2ccccc21.Cl.Cl. The van der Waals surface area contributed by atoms with Crippen LogP contribution in [0.15, 0.2) is 24.3 Å². The average molecular weight is 320 g/mol. The van der Waals surface area contributed by atoms with Crippen LogP contribution in [-0.2, 0) is 11.2 Å². The van der Waals surface area contributed by atoms with E-state index < -0.39 is 0 Å². The third-order valence-corrected chi connectivity index (χ3v) is 3.42. The molecular formula is C14H23Cl2N3O. The fourth-order valence-corrected chi connectivity index (χ4v) is 2.17. The minimum absolute atomic E-state index is 0. The van der Waals surface area contributed by atoms with E-state index in [1.807, 2.05) is 20.0 Å². The highest BCUT2D eigenvalue weighted by molar-refractivity contribution is 5.85. The summed E-state index contributed by atoms with van der Waals surface area (Å²) >= 11 is 0. The molecule has 1 atom stereocenters. The molecule has 1 aromatic carbocycles. The molecule has 2 rings (SSSR count). The van der Waals surface area contributed by atoms with E-state index in [9.17, 15) is 4.79 Å². The van der Waals surface area contributed by atoms with Crippen molar-refractivity contribution in [3.8, 4) is 0 Å². The normalized spacial score (nSPS) is 13.8. The van der Waals surface area contributed by atoms with Gasteiger partial charge in [-0.2, -0.15) is 0 Å². The first kappa shape index (κ1) is 19.0. The fraction of sp³-hybridized carbons (Fsp3) is 0.500. The zero-order valence-electron chi connectivity index (χ0n) is 11.9. The van der Waals surface area contributed by atoms with Crippen molar-refractivity contribution >= 4 is 36.4 Å². The van der Waals surface area contributed by atoms with Crippen LogP contribution in [-0.4, -0.2) is 38.6 Å². The first-order chi connectivity index (χ1) is 8.70. The molecule has 0 saturated heterocycles. The molecule has 0 fully saturated rings. The van der Waals surface area contributed by atoms with Gasteiger partial charge in [0.25, 0.3) is 0 Å². The lowest BCUT2D eigenvalue weighted by Gasteiger charge is -2.19. The highest BCUT2D eigenvalue weighted by Crippen LogP contribution is 2.26. The van der Waals surface area contributed by atoms with Crippen LogP contribution in [0.5, 0.6) is 0 Å². The molecule has 1 amide bonds. The third kappa shape index (κ3) is 4.85. The number of anilines is 1. The fourth-order valence-electron chi connectivity index (χ4n) is 2.17. The summed E-state index contributed by atoms with van der Waals surface area (Å²) in [7, 11) is 1.90. The second kappa shape index (κ2) is 9.06. The number of nitrogens with one attached hydrogen (secondary N) is 2. The Balaban J connectivity index is 0.00000180. The van der Waals surface area contributed by atoms with E-state index in [1.165, 1.54) is 11.3 Å². The molecule has 1 aliphatic heterocycles. The largest absolute Gasteiger partial charge is 0.362 e. The second-order valence-electron chi connectivity index (χ2n) is 4.79. The van der Waals surface area contributed by atoms with E-state index in [-0.39, 0.29) is 30.7 Å². The van der Waals surface area contributed by atoms with Gasteiger partial charge in [0, 0.05) is 24.8 Å². The molecule has 0 radical (unpaired) electrons. The number of hydrogen-bond donors (Lipinski definition) is 2. The predicted molar refractivity (Wildman–Crippen MR) is 88.4 cm³/mol. The molecular weight excluding hydrogens is 297 g/mol. The molecule has 0 aliphatic carbocycles. The van der Waals surface area contributed by atoms with Crippen molar-refractivity contribution < 1.29 is 4.79 Å². The summed E-state index contributed by atoms with van der Waals surface area (Å²) in [6, 6.07) is 8.61. The number of benzene rings is 1. The van der Waals surface area contributed by atoms with Crippen molar-refractivity contribution in [3.05, 3.63) is 29.8 Å². The van der Waals surface area contributed by atoms with Gasteiger partial charge in [0.2, 0.25) is 5.91 Å². The van der Waals surface area contributed by atoms with Gasteiger partial charge < -0.3 is 15.5 Å². The van der Waals surface area contributed by atoms with E-state index in [0.29, 0.717) is 19.1 Å². The second-order valence-corrected chi connectivity index (χ2v) is 4.79. The van der Waals surface area contributed by atoms with Crippen LogP contribution in [0.3, 0.4) is 0 Å². The number of nitrogens with zero attached hydrogens (tertiary/aromatic N) is 1. The smallest absolute Gasteiger partial charge is 0.239 e. The van der Waals surface area contributed by atoms with E-state index in [2.05, 4.69) is 33.7 Å². The van der Waals surface area contributed by atoms with Crippen LogP contribution in [0.2, 0.25) is 0 Å². The summed E-state index contributed by atoms with van der Waals surface area (Å²) < 4.78 is 0. The van der Waals surface area contributed by atoms with E-state index in [4.69, 9.17) is 0 Å². The highest BCUT2D eigenvalue weighted by Gasteiger charge is 2.20. The Morgan fingerprint density at radius 2 is 2.05 bits per heavy atom. The molecule has 0 bridgehead atoms. The van der Waals surface area contributed by atoms with Crippen LogP contribution < -0.4 is 15.5 Å². The Hall–Kier alpha value is -0.970. The number of amides is 1. The van der Waals surface area contributed by atoms with Gasteiger partial charge in [-0.05, 0) is 32.0 Å². The summed E-state index contributed by atoms with van der Waals surface area (Å²) in [5.41, 5.74) is 2.54. The monoisotopic (exact) mass is 319 g/mol. The van der Waals surface area contributed by atoms with E-state index in [0.717, 1.165) is 13.0 Å². The molecule has 114 valence electrons. The average Bonchev–Trinajstić information content (AvgIpc) is 2.79. The first-order valence-corrected chi connectivity index (χ1v) is 6.47. The summed E-state index contributed by atoms with van der Waals surface area (Å²) in [5.74, 6) is 0.0915. The van der Waals surface area contributed by atoms with Crippen molar-refractivity contribution in [2.24, 2.45) is 0 Å². The van der Waals surface area contributed by atoms with Crippen LogP contribution in [0.4, 0.5) is 5.69 Å². The molecule has 1 aromatic rings. The summed E-state index contributed by atoms with van der Waals surface area (Å²) in [5, 5.41) is 6.05. The van der Waals surface area contributed by atoms with Gasteiger partial charge in [0.15, 0.2) is 0 Å². The van der Waals surface area contributed by atoms with Gasteiger partial charge in [-0.3, -0.25) is 4.79 Å². The Morgan fingerprint density at radius 3 is 2.75 bits per heavy atom. The Kier molecular flexibility index (Phi) is 8.62. The lowest BCUT2D eigenvalue weighted by atomic mass is 10.2. The molecule has 1 unspecified atom stereocenters. The number of rotatable bonds is 5. The van der Waals surface area contributed by atoms with Gasteiger partial charge in [-0.1, -0.05) is 18.2 Å². The van der Waals surface area contributed by atoms with Gasteiger partial charge in [0.05, 0.1) is 6.54 Å². The van der Waals surface area contributed by atoms with Gasteiger partial charge in [-0.15, -0.1) is 24.8 Å². The number of hydrogen-bond acceptors (Lipinski definition) is 3. The first-order valence-electron chi connectivity index (χ1n) is 6.47. The Bertz CT molecular complexity index is 429. The molecule has 6 heteroatoms. The minimum atomic E-state index is 0. The molecule has 1 heterocycles. The van der Waals surface area contributed by atoms with Crippen LogP contribution in [0.1, 0.15) is 12.5 Å². The maximum absolute atomic E-state index is 11.8. The number of para-hydroxylation sites is 1. The number of carbonyl (C=O) groups is 1. The highest BCUT2D eigenvalue weighted by atomic mass is 35.5. The van der Waals surface area contributed by atoms with Crippen molar-refractivity contribution in [1.29, 1.82) is 0 Å². The molecule has 4 nitrogen and oxygen atoms in total. The van der Waals surface area contributed by atoms with E-state index >= 15 is 0 Å². The number of carbonyl (C=O) groups excluding carboxylic acids is 1. The summed E-state index contributed by atoms with van der Waals surface area (Å²) in [6.45, 7) is 4.11. The quantitative estimate of drug-likeness (QED) is 0.866. The molecule has 0 spiro atoms. The predicted octanol–water partition coefficient (Wildman–Crippen LogP) is 1.62. The zero-order valence-corrected chi connectivity index (χ0v) is 13.5. The third-order valence-electron chi connectivity index (χ3n) is 3.42. The van der Waals surface area contributed by atoms with Crippen LogP contribution in [0.25, 0.3) is 0 Å². The maximum Gasteiger partial charge on any atom is 0.239 e. The lowest BCUT2D eigenvalue weighted by molar-refractivity contribution is -0.119. The number of likely N-dealkylation sites (N-methyl/N-ethyl adjacent to an activating group) is 1. The minimum Gasteiger partial charge on any atom is -0.362 e. The van der Waals surface area contributed by atoms with Crippen molar-refractivity contribution in [2.45, 2.75) is 19.4 Å². The molecule has 2 N–H and O–H groups in total. The standard InChI is InChI=1S/C14H21N3O.2ClH/c1-11(15-2)9-16-14(18)10-17-8-7-12-5-3-4-6-13(12)17;;/h3-6,11,15H,7-10H2,1-2H3,(H,16,18);2*1H. The van der Waals surface area contributed by atoms with Gasteiger partial charge in [0.1, 0.15) is 0 Å². The zero-order chi connectivity index (χ0) is 13.0.